The van der Waals surface area contributed by atoms with E-state index in [1.165, 1.54) is 22.5 Å². The third-order valence-corrected chi connectivity index (χ3v) is 7.26. The quantitative estimate of drug-likeness (QED) is 0.223. The van der Waals surface area contributed by atoms with E-state index in [4.69, 9.17) is 5.10 Å². The number of hydrogen-bond donors (Lipinski definition) is 0. The molecule has 170 valence electrons. The van der Waals surface area contributed by atoms with Gasteiger partial charge in [0, 0.05) is 11.8 Å². The first kappa shape index (κ1) is 21.5. The average molecular weight is 475 g/mol. The van der Waals surface area contributed by atoms with Gasteiger partial charge in [-0.1, -0.05) is 96.7 Å². The molecule has 2 heterocycles. The summed E-state index contributed by atoms with van der Waals surface area (Å²) in [6.07, 6.45) is 2.23. The van der Waals surface area contributed by atoms with Crippen LogP contribution in [0.25, 0.3) is 21.7 Å². The zero-order chi connectivity index (χ0) is 23.6. The monoisotopic (exact) mass is 474 g/mol. The molecule has 0 bridgehead atoms. The first-order chi connectivity index (χ1) is 17.3. The Morgan fingerprint density at radius 3 is 2.51 bits per heavy atom. The van der Waals surface area contributed by atoms with Gasteiger partial charge in [0.05, 0.1) is 23.0 Å². The summed E-state index contributed by atoms with van der Waals surface area (Å²) in [6, 6.07) is 32.5. The molecule has 0 fully saturated rings. The van der Waals surface area contributed by atoms with Crippen LogP contribution in [0.4, 0.5) is 0 Å². The van der Waals surface area contributed by atoms with E-state index in [0.29, 0.717) is 6.42 Å². The summed E-state index contributed by atoms with van der Waals surface area (Å²) >= 11 is 1.43. The maximum Gasteiger partial charge on any atom is 0.253 e. The van der Waals surface area contributed by atoms with Gasteiger partial charge in [-0.15, -0.1) is 0 Å². The van der Waals surface area contributed by atoms with Crippen LogP contribution in [0, 0.1) is 0 Å². The highest BCUT2D eigenvalue weighted by molar-refractivity contribution is 8.00. The first-order valence-electron chi connectivity index (χ1n) is 11.5. The zero-order valence-electron chi connectivity index (χ0n) is 18.9. The second-order valence-electron chi connectivity index (χ2n) is 8.46. The molecule has 1 atom stereocenters. The molecule has 35 heavy (non-hydrogen) atoms. The summed E-state index contributed by atoms with van der Waals surface area (Å²) in [4.78, 5) is 22.2. The Bertz CT molecular complexity index is 1560. The van der Waals surface area contributed by atoms with Gasteiger partial charge >= 0.3 is 0 Å². The van der Waals surface area contributed by atoms with Gasteiger partial charge in [-0.2, -0.15) is 5.10 Å². The van der Waals surface area contributed by atoms with Gasteiger partial charge < -0.3 is 0 Å². The Morgan fingerprint density at radius 2 is 1.63 bits per heavy atom. The van der Waals surface area contributed by atoms with Crippen LogP contribution in [0.1, 0.15) is 23.6 Å². The smallest absolute Gasteiger partial charge is 0.253 e. The highest BCUT2D eigenvalue weighted by Crippen LogP contribution is 2.34. The van der Waals surface area contributed by atoms with Crippen molar-refractivity contribution in [2.45, 2.75) is 17.5 Å². The fourth-order valence-corrected chi connectivity index (χ4v) is 5.35. The Labute approximate surface area is 207 Å². The minimum Gasteiger partial charge on any atom is -0.272 e. The molecule has 0 saturated carbocycles. The third kappa shape index (κ3) is 4.29. The normalized spacial score (nSPS) is 15.5. The number of aromatic nitrogens is 2. The lowest BCUT2D eigenvalue weighted by molar-refractivity contribution is -0.130. The van der Waals surface area contributed by atoms with E-state index in [1.54, 1.807) is 11.3 Å². The van der Waals surface area contributed by atoms with Crippen LogP contribution in [-0.4, -0.2) is 32.3 Å². The minimum absolute atomic E-state index is 0.0395. The highest BCUT2D eigenvalue weighted by atomic mass is 32.2. The number of nitrogens with zero attached hydrogens (tertiary/aromatic N) is 4. The van der Waals surface area contributed by atoms with Crippen molar-refractivity contribution in [1.29, 1.82) is 0 Å². The van der Waals surface area contributed by atoms with Crippen LogP contribution in [0.3, 0.4) is 0 Å². The molecular weight excluding hydrogens is 452 g/mol. The lowest BCUT2D eigenvalue weighted by Crippen LogP contribution is -2.28. The average Bonchev–Trinajstić information content (AvgIpc) is 3.38. The number of carbonyl (C=O) groups is 1. The van der Waals surface area contributed by atoms with E-state index in [2.05, 4.69) is 52.4 Å². The van der Waals surface area contributed by atoms with E-state index >= 15 is 0 Å². The van der Waals surface area contributed by atoms with Crippen molar-refractivity contribution in [3.63, 3.8) is 0 Å². The topological polar surface area (TPSA) is 58.5 Å². The van der Waals surface area contributed by atoms with Gasteiger partial charge in [-0.05, 0) is 34.0 Å². The van der Waals surface area contributed by atoms with E-state index < -0.39 is 0 Å². The van der Waals surface area contributed by atoms with Crippen LogP contribution in [0.15, 0.2) is 114 Å². The molecular formula is C29H22N4OS. The van der Waals surface area contributed by atoms with Gasteiger partial charge in [-0.25, -0.2) is 15.0 Å². The van der Waals surface area contributed by atoms with Crippen LogP contribution >= 0.6 is 11.8 Å². The predicted molar refractivity (Wildman–Crippen MR) is 141 cm³/mol. The van der Waals surface area contributed by atoms with Crippen molar-refractivity contribution in [2.24, 2.45) is 5.10 Å². The SMILES string of the molecule is O=C(CSc1ncnc2ccccc12)N1N=C(c2ccc3ccccc3c2)C[C@H]1c1ccccc1. The molecule has 0 unspecified atom stereocenters. The van der Waals surface area contributed by atoms with E-state index in [1.807, 2.05) is 54.6 Å². The number of benzene rings is 4. The van der Waals surface area contributed by atoms with Crippen LogP contribution < -0.4 is 0 Å². The number of hydrogen-bond acceptors (Lipinski definition) is 5. The van der Waals surface area contributed by atoms with E-state index in [9.17, 15) is 4.79 Å². The third-order valence-electron chi connectivity index (χ3n) is 6.27. The van der Waals surface area contributed by atoms with Crippen molar-refractivity contribution >= 4 is 45.1 Å². The minimum atomic E-state index is -0.132. The number of fused-ring (bicyclic) bond motifs is 2. The summed E-state index contributed by atoms with van der Waals surface area (Å²) in [7, 11) is 0. The van der Waals surface area contributed by atoms with E-state index in [-0.39, 0.29) is 17.7 Å². The maximum atomic E-state index is 13.5. The molecule has 4 aromatic carbocycles. The molecule has 0 spiro atoms. The van der Waals surface area contributed by atoms with Crippen LogP contribution in [0.5, 0.6) is 0 Å². The standard InChI is InChI=1S/C29H22N4OS/c34-28(18-35-29-24-12-6-7-13-25(24)30-19-31-29)33-27(21-9-2-1-3-10-21)17-26(32-33)23-15-14-20-8-4-5-11-22(20)16-23/h1-16,19,27H,17-18H2/t27-/m0/s1. The molecule has 6 rings (SSSR count). The lowest BCUT2D eigenvalue weighted by Gasteiger charge is -2.22. The van der Waals surface area contributed by atoms with Gasteiger partial charge in [0.1, 0.15) is 11.4 Å². The maximum absolute atomic E-state index is 13.5. The Hall–Kier alpha value is -4.03. The Morgan fingerprint density at radius 1 is 0.857 bits per heavy atom. The van der Waals surface area contributed by atoms with Gasteiger partial charge in [0.2, 0.25) is 0 Å². The lowest BCUT2D eigenvalue weighted by atomic mass is 9.97. The van der Waals surface area contributed by atoms with Gasteiger partial charge in [0.15, 0.2) is 0 Å². The molecule has 0 saturated heterocycles. The molecule has 5 nitrogen and oxygen atoms in total. The fraction of sp³-hybridized carbons (Fsp3) is 0.103. The highest BCUT2D eigenvalue weighted by Gasteiger charge is 2.33. The molecule has 0 radical (unpaired) electrons. The van der Waals surface area contributed by atoms with Crippen molar-refractivity contribution in [3.8, 4) is 0 Å². The largest absolute Gasteiger partial charge is 0.272 e. The Balaban J connectivity index is 1.30. The number of carbonyl (C=O) groups excluding carboxylic acids is 1. The summed E-state index contributed by atoms with van der Waals surface area (Å²) in [5, 5.41) is 10.6. The van der Waals surface area contributed by atoms with Crippen molar-refractivity contribution in [2.75, 3.05) is 5.75 Å². The molecule has 0 aliphatic carbocycles. The fourth-order valence-electron chi connectivity index (χ4n) is 4.51. The second-order valence-corrected chi connectivity index (χ2v) is 9.43. The molecule has 1 aliphatic rings. The molecule has 1 aliphatic heterocycles. The molecule has 0 N–H and O–H groups in total. The predicted octanol–water partition coefficient (Wildman–Crippen LogP) is 6.25. The number of rotatable bonds is 5. The number of para-hydroxylation sites is 1. The molecule has 5 aromatic rings. The number of thioether (sulfide) groups is 1. The Kier molecular flexibility index (Phi) is 5.72. The van der Waals surface area contributed by atoms with Crippen molar-refractivity contribution in [3.05, 3.63) is 115 Å². The van der Waals surface area contributed by atoms with Crippen LogP contribution in [0.2, 0.25) is 0 Å². The summed E-state index contributed by atoms with van der Waals surface area (Å²) in [5.41, 5.74) is 3.93. The molecule has 1 amide bonds. The summed E-state index contributed by atoms with van der Waals surface area (Å²) < 4.78 is 0. The van der Waals surface area contributed by atoms with E-state index in [0.717, 1.165) is 32.8 Å². The zero-order valence-corrected chi connectivity index (χ0v) is 19.7. The summed E-state index contributed by atoms with van der Waals surface area (Å²) in [5.74, 6) is 0.209. The number of amides is 1. The van der Waals surface area contributed by atoms with Gasteiger partial charge in [0.25, 0.3) is 5.91 Å². The van der Waals surface area contributed by atoms with Crippen molar-refractivity contribution < 1.29 is 4.79 Å². The van der Waals surface area contributed by atoms with Crippen LogP contribution in [-0.2, 0) is 4.79 Å². The molecule has 1 aromatic heterocycles. The van der Waals surface area contributed by atoms with Crippen molar-refractivity contribution in [1.82, 2.24) is 15.0 Å². The number of hydrazone groups is 1. The summed E-state index contributed by atoms with van der Waals surface area (Å²) in [6.45, 7) is 0. The first-order valence-corrected chi connectivity index (χ1v) is 12.5. The molecule has 6 heteroatoms. The van der Waals surface area contributed by atoms with Gasteiger partial charge in [-0.3, -0.25) is 4.79 Å². The second kappa shape index (κ2) is 9.31.